The normalized spacial score (nSPS) is 10.4. The first-order valence-electron chi connectivity index (χ1n) is 6.76. The van der Waals surface area contributed by atoms with Gasteiger partial charge in [0.05, 0.1) is 0 Å². The number of aromatic nitrogens is 2. The first-order valence-corrected chi connectivity index (χ1v) is 7.14. The lowest BCUT2D eigenvalue weighted by atomic mass is 10.1. The molecule has 0 saturated heterocycles. The second-order valence-electron chi connectivity index (χ2n) is 4.74. The van der Waals surface area contributed by atoms with Crippen molar-refractivity contribution in [2.75, 3.05) is 5.32 Å². The monoisotopic (exact) mass is 343 g/mol. The molecule has 2 aromatic heterocycles. The van der Waals surface area contributed by atoms with Gasteiger partial charge in [0.25, 0.3) is 5.91 Å². The quantitative estimate of drug-likeness (QED) is 0.752. The molecule has 0 saturated carbocycles. The molecular formula is C16H10ClN3O4. The van der Waals surface area contributed by atoms with Crippen molar-refractivity contribution in [2.45, 2.75) is 0 Å². The lowest BCUT2D eigenvalue weighted by molar-refractivity contribution is 0.0698. The van der Waals surface area contributed by atoms with E-state index < -0.39 is 11.9 Å². The summed E-state index contributed by atoms with van der Waals surface area (Å²) in [5.41, 5.74) is 0.605. The fourth-order valence-electron chi connectivity index (χ4n) is 2.05. The number of hydrogen-bond donors (Lipinski definition) is 2. The number of hydrogen-bond acceptors (Lipinski definition) is 5. The molecule has 0 aliphatic rings. The lowest BCUT2D eigenvalue weighted by Gasteiger charge is -2.03. The van der Waals surface area contributed by atoms with Crippen LogP contribution in [-0.4, -0.2) is 27.1 Å². The highest BCUT2D eigenvalue weighted by Crippen LogP contribution is 2.28. The molecule has 24 heavy (non-hydrogen) atoms. The zero-order chi connectivity index (χ0) is 17.1. The Morgan fingerprint density at radius 1 is 1.17 bits per heavy atom. The smallest absolute Gasteiger partial charge is 0.343 e. The molecule has 1 aromatic carbocycles. The molecule has 8 heteroatoms. The molecule has 7 nitrogen and oxygen atoms in total. The van der Waals surface area contributed by atoms with E-state index in [4.69, 9.17) is 16.1 Å². The molecule has 0 unspecified atom stereocenters. The molecule has 3 aromatic rings. The standard InChI is InChI=1S/C16H10ClN3O4/c17-11-5-3-9(4-6-11)14(21)19-15-12(16(22)23)13(20-24-15)10-2-1-7-18-8-10/h1-8H,(H,19,21)(H,22,23). The van der Waals surface area contributed by atoms with Gasteiger partial charge >= 0.3 is 5.97 Å². The zero-order valence-corrected chi connectivity index (χ0v) is 12.8. The van der Waals surface area contributed by atoms with E-state index in [1.54, 1.807) is 30.5 Å². The number of pyridine rings is 1. The van der Waals surface area contributed by atoms with Gasteiger partial charge < -0.3 is 9.63 Å². The predicted molar refractivity (Wildman–Crippen MR) is 86.1 cm³/mol. The van der Waals surface area contributed by atoms with E-state index >= 15 is 0 Å². The summed E-state index contributed by atoms with van der Waals surface area (Å²) in [5, 5.41) is 16.1. The molecule has 0 fully saturated rings. The number of carbonyl (C=O) groups is 2. The number of carboxylic acids is 1. The zero-order valence-electron chi connectivity index (χ0n) is 12.1. The number of halogens is 1. The van der Waals surface area contributed by atoms with E-state index in [1.807, 2.05) is 0 Å². The van der Waals surface area contributed by atoms with Gasteiger partial charge in [0.2, 0.25) is 5.88 Å². The van der Waals surface area contributed by atoms with Crippen molar-refractivity contribution in [3.05, 3.63) is 64.9 Å². The molecule has 0 radical (unpaired) electrons. The van der Waals surface area contributed by atoms with Crippen LogP contribution >= 0.6 is 11.6 Å². The van der Waals surface area contributed by atoms with Crippen LogP contribution < -0.4 is 5.32 Å². The molecule has 120 valence electrons. The summed E-state index contributed by atoms with van der Waals surface area (Å²) in [6.45, 7) is 0. The Bertz CT molecular complexity index is 891. The summed E-state index contributed by atoms with van der Waals surface area (Å²) in [4.78, 5) is 27.7. The number of carboxylic acid groups (broad SMARTS) is 1. The maximum Gasteiger partial charge on any atom is 0.343 e. The topological polar surface area (TPSA) is 105 Å². The van der Waals surface area contributed by atoms with Gasteiger partial charge in [0, 0.05) is 28.5 Å². The molecule has 0 aliphatic heterocycles. The first-order chi connectivity index (χ1) is 11.6. The Labute approximate surface area is 140 Å². The minimum atomic E-state index is -1.28. The van der Waals surface area contributed by atoms with E-state index in [2.05, 4.69) is 15.5 Å². The van der Waals surface area contributed by atoms with Crippen molar-refractivity contribution in [1.29, 1.82) is 0 Å². The van der Waals surface area contributed by atoms with Crippen molar-refractivity contribution >= 4 is 29.4 Å². The fourth-order valence-corrected chi connectivity index (χ4v) is 2.18. The van der Waals surface area contributed by atoms with Crippen molar-refractivity contribution in [3.63, 3.8) is 0 Å². The molecule has 1 amide bonds. The van der Waals surface area contributed by atoms with Crippen molar-refractivity contribution in [2.24, 2.45) is 0 Å². The second-order valence-corrected chi connectivity index (χ2v) is 5.18. The number of rotatable bonds is 4. The first kappa shape index (κ1) is 15.7. The van der Waals surface area contributed by atoms with Crippen molar-refractivity contribution in [1.82, 2.24) is 10.1 Å². The Hall–Kier alpha value is -3.19. The van der Waals surface area contributed by atoms with Crippen LogP contribution in [-0.2, 0) is 0 Å². The van der Waals surface area contributed by atoms with Gasteiger partial charge in [-0.05, 0) is 36.4 Å². The Balaban J connectivity index is 1.94. The number of carbonyl (C=O) groups excluding carboxylic acids is 1. The molecule has 0 bridgehead atoms. The van der Waals surface area contributed by atoms with Gasteiger partial charge in [-0.25, -0.2) is 4.79 Å². The highest BCUT2D eigenvalue weighted by Gasteiger charge is 2.25. The third-order valence-electron chi connectivity index (χ3n) is 3.17. The number of amides is 1. The highest BCUT2D eigenvalue weighted by molar-refractivity contribution is 6.30. The van der Waals surface area contributed by atoms with E-state index in [0.29, 0.717) is 16.1 Å². The van der Waals surface area contributed by atoms with Crippen LogP contribution in [0.4, 0.5) is 5.88 Å². The third-order valence-corrected chi connectivity index (χ3v) is 3.43. The molecule has 2 N–H and O–H groups in total. The van der Waals surface area contributed by atoms with Crippen LogP contribution in [0.25, 0.3) is 11.3 Å². The lowest BCUT2D eigenvalue weighted by Crippen LogP contribution is -2.13. The van der Waals surface area contributed by atoms with Crippen molar-refractivity contribution in [3.8, 4) is 11.3 Å². The summed E-state index contributed by atoms with van der Waals surface area (Å²) < 4.78 is 5.01. The number of benzene rings is 1. The van der Waals surface area contributed by atoms with Gasteiger partial charge in [-0.1, -0.05) is 16.8 Å². The minimum Gasteiger partial charge on any atom is -0.477 e. The molecular weight excluding hydrogens is 334 g/mol. The predicted octanol–water partition coefficient (Wildman–Crippen LogP) is 3.34. The van der Waals surface area contributed by atoms with E-state index in [-0.39, 0.29) is 17.1 Å². The van der Waals surface area contributed by atoms with Gasteiger partial charge in [-0.2, -0.15) is 0 Å². The van der Waals surface area contributed by atoms with Crippen molar-refractivity contribution < 1.29 is 19.2 Å². The largest absolute Gasteiger partial charge is 0.477 e. The molecule has 0 aliphatic carbocycles. The number of nitrogens with zero attached hydrogens (tertiary/aromatic N) is 2. The van der Waals surface area contributed by atoms with Crippen LogP contribution in [0.1, 0.15) is 20.7 Å². The highest BCUT2D eigenvalue weighted by atomic mass is 35.5. The molecule has 0 atom stereocenters. The molecule has 2 heterocycles. The number of aromatic carboxylic acids is 1. The molecule has 0 spiro atoms. The van der Waals surface area contributed by atoms with E-state index in [0.717, 1.165) is 0 Å². The van der Waals surface area contributed by atoms with Crippen LogP contribution in [0.3, 0.4) is 0 Å². The summed E-state index contributed by atoms with van der Waals surface area (Å²) >= 11 is 5.77. The van der Waals surface area contributed by atoms with Crippen LogP contribution in [0.15, 0.2) is 53.3 Å². The average Bonchev–Trinajstić information content (AvgIpc) is 3.00. The third kappa shape index (κ3) is 3.11. The van der Waals surface area contributed by atoms with Crippen LogP contribution in [0.5, 0.6) is 0 Å². The Kier molecular flexibility index (Phi) is 4.26. The Morgan fingerprint density at radius 2 is 1.92 bits per heavy atom. The van der Waals surface area contributed by atoms with Gasteiger partial charge in [-0.15, -0.1) is 0 Å². The summed E-state index contributed by atoms with van der Waals surface area (Å²) in [6.07, 6.45) is 3.00. The van der Waals surface area contributed by atoms with Gasteiger partial charge in [-0.3, -0.25) is 15.1 Å². The van der Waals surface area contributed by atoms with Gasteiger partial charge in [0.1, 0.15) is 5.69 Å². The summed E-state index contributed by atoms with van der Waals surface area (Å²) in [7, 11) is 0. The number of anilines is 1. The fraction of sp³-hybridized carbons (Fsp3) is 0. The van der Waals surface area contributed by atoms with Gasteiger partial charge in [0.15, 0.2) is 5.56 Å². The molecule has 3 rings (SSSR count). The average molecular weight is 344 g/mol. The van der Waals surface area contributed by atoms with E-state index in [9.17, 15) is 14.7 Å². The summed E-state index contributed by atoms with van der Waals surface area (Å²) in [5.74, 6) is -2.06. The Morgan fingerprint density at radius 3 is 2.54 bits per heavy atom. The maximum absolute atomic E-state index is 12.2. The van der Waals surface area contributed by atoms with Crippen LogP contribution in [0.2, 0.25) is 5.02 Å². The minimum absolute atomic E-state index is 0.0852. The number of nitrogens with one attached hydrogen (secondary N) is 1. The second kappa shape index (κ2) is 6.51. The SMILES string of the molecule is O=C(Nc1onc(-c2cccnc2)c1C(=O)O)c1ccc(Cl)cc1. The maximum atomic E-state index is 12.2. The van der Waals surface area contributed by atoms with Crippen LogP contribution in [0, 0.1) is 0 Å². The van der Waals surface area contributed by atoms with E-state index in [1.165, 1.54) is 18.3 Å². The summed E-state index contributed by atoms with van der Waals surface area (Å²) in [6, 6.07) is 9.41.